The first-order chi connectivity index (χ1) is 9.75. The molecule has 0 amide bonds. The number of imidazole rings is 1. The van der Waals surface area contributed by atoms with Gasteiger partial charge in [-0.25, -0.2) is 9.78 Å². The molecule has 0 aromatic carbocycles. The molecule has 0 unspecified atom stereocenters. The van der Waals surface area contributed by atoms with Crippen LogP contribution in [0.2, 0.25) is 0 Å². The highest BCUT2D eigenvalue weighted by Gasteiger charge is 2.17. The van der Waals surface area contributed by atoms with Gasteiger partial charge in [0.25, 0.3) is 0 Å². The minimum Gasteiger partial charge on any atom is -0.476 e. The summed E-state index contributed by atoms with van der Waals surface area (Å²) in [6.07, 6.45) is 5.10. The van der Waals surface area contributed by atoms with Crippen molar-refractivity contribution in [3.8, 4) is 0 Å². The topological polar surface area (TPSA) is 79.5 Å². The van der Waals surface area contributed by atoms with Crippen molar-refractivity contribution in [2.45, 2.75) is 6.54 Å². The van der Waals surface area contributed by atoms with Gasteiger partial charge in [-0.15, -0.1) is 0 Å². The minimum absolute atomic E-state index is 0.129. The van der Waals surface area contributed by atoms with E-state index in [0.717, 1.165) is 5.56 Å². The number of carbonyl (C=O) groups is 1. The third-order valence-electron chi connectivity index (χ3n) is 2.92. The fourth-order valence-electron chi connectivity index (χ4n) is 2.01. The van der Waals surface area contributed by atoms with E-state index >= 15 is 0 Å². The molecule has 0 aliphatic carbocycles. The Hall–Kier alpha value is -2.89. The van der Waals surface area contributed by atoms with Gasteiger partial charge >= 0.3 is 5.97 Å². The highest BCUT2D eigenvalue weighted by Crippen LogP contribution is 2.18. The number of hydrogen-bond acceptors (Lipinski definition) is 4. The lowest BCUT2D eigenvalue weighted by Crippen LogP contribution is -2.08. The Bertz CT molecular complexity index is 752. The first kappa shape index (κ1) is 12.2. The van der Waals surface area contributed by atoms with E-state index in [1.165, 1.54) is 0 Å². The first-order valence-electron chi connectivity index (χ1n) is 6.09. The van der Waals surface area contributed by atoms with Gasteiger partial charge in [0.2, 0.25) is 0 Å². The van der Waals surface area contributed by atoms with E-state index in [9.17, 15) is 9.90 Å². The molecule has 0 fully saturated rings. The molecule has 2 N–H and O–H groups in total. The molecular formula is C14H12N4O2. The Morgan fingerprint density at radius 1 is 1.30 bits per heavy atom. The summed E-state index contributed by atoms with van der Waals surface area (Å²) < 4.78 is 1.55. The molecular weight excluding hydrogens is 256 g/mol. The van der Waals surface area contributed by atoms with E-state index in [1.807, 2.05) is 18.2 Å². The zero-order chi connectivity index (χ0) is 13.9. The number of fused-ring (bicyclic) bond motifs is 1. The second-order valence-corrected chi connectivity index (χ2v) is 4.26. The number of hydrogen-bond donors (Lipinski definition) is 2. The van der Waals surface area contributed by atoms with Crippen molar-refractivity contribution in [3.63, 3.8) is 0 Å². The summed E-state index contributed by atoms with van der Waals surface area (Å²) in [6, 6.07) is 9.10. The van der Waals surface area contributed by atoms with Crippen molar-refractivity contribution >= 4 is 17.4 Å². The van der Waals surface area contributed by atoms with Gasteiger partial charge in [-0.1, -0.05) is 12.1 Å². The zero-order valence-electron chi connectivity index (χ0n) is 10.5. The van der Waals surface area contributed by atoms with Crippen LogP contribution in [0.5, 0.6) is 0 Å². The molecule has 3 rings (SSSR count). The van der Waals surface area contributed by atoms with Crippen molar-refractivity contribution in [3.05, 3.63) is 60.2 Å². The molecule has 0 aliphatic heterocycles. The number of aromatic nitrogens is 3. The van der Waals surface area contributed by atoms with Crippen LogP contribution >= 0.6 is 0 Å². The minimum atomic E-state index is -1.02. The highest BCUT2D eigenvalue weighted by atomic mass is 16.4. The Balaban J connectivity index is 1.95. The number of anilines is 1. The number of nitrogens with zero attached hydrogens (tertiary/aromatic N) is 3. The maximum Gasteiger partial charge on any atom is 0.356 e. The molecule has 3 aromatic heterocycles. The van der Waals surface area contributed by atoms with Gasteiger partial charge < -0.3 is 10.4 Å². The number of pyridine rings is 2. The van der Waals surface area contributed by atoms with Crippen LogP contribution in [0.15, 0.2) is 48.9 Å². The van der Waals surface area contributed by atoms with Crippen molar-refractivity contribution in [2.75, 3.05) is 5.32 Å². The average molecular weight is 268 g/mol. The summed E-state index contributed by atoms with van der Waals surface area (Å²) in [6.45, 7) is 0.470. The molecule has 0 saturated heterocycles. The summed E-state index contributed by atoms with van der Waals surface area (Å²) in [4.78, 5) is 19.7. The number of carboxylic acid groups (broad SMARTS) is 1. The van der Waals surface area contributed by atoms with E-state index in [-0.39, 0.29) is 5.69 Å². The lowest BCUT2D eigenvalue weighted by atomic mass is 10.3. The van der Waals surface area contributed by atoms with Crippen LogP contribution in [0.3, 0.4) is 0 Å². The van der Waals surface area contributed by atoms with E-state index in [1.54, 1.807) is 35.1 Å². The Kier molecular flexibility index (Phi) is 3.04. The summed E-state index contributed by atoms with van der Waals surface area (Å²) in [5.74, 6) is -0.662. The van der Waals surface area contributed by atoms with E-state index < -0.39 is 5.97 Å². The first-order valence-corrected chi connectivity index (χ1v) is 6.09. The number of aromatic carboxylic acids is 1. The van der Waals surface area contributed by atoms with Crippen LogP contribution in [0.4, 0.5) is 5.82 Å². The van der Waals surface area contributed by atoms with Crippen molar-refractivity contribution in [1.82, 2.24) is 14.4 Å². The Morgan fingerprint density at radius 2 is 2.20 bits per heavy atom. The van der Waals surface area contributed by atoms with Gasteiger partial charge in [0.1, 0.15) is 5.65 Å². The predicted molar refractivity (Wildman–Crippen MR) is 73.7 cm³/mol. The molecule has 0 spiro atoms. The van der Waals surface area contributed by atoms with E-state index in [0.29, 0.717) is 18.0 Å². The molecule has 6 heteroatoms. The SMILES string of the molecule is O=C(O)c1c(NCc2cccnc2)nc2ccccn12. The third kappa shape index (κ3) is 2.18. The van der Waals surface area contributed by atoms with Crippen LogP contribution < -0.4 is 5.32 Å². The van der Waals surface area contributed by atoms with Gasteiger partial charge in [-0.2, -0.15) is 0 Å². The molecule has 100 valence electrons. The zero-order valence-corrected chi connectivity index (χ0v) is 10.5. The Morgan fingerprint density at radius 3 is 2.95 bits per heavy atom. The third-order valence-corrected chi connectivity index (χ3v) is 2.92. The lowest BCUT2D eigenvalue weighted by Gasteiger charge is -2.04. The largest absolute Gasteiger partial charge is 0.476 e. The van der Waals surface area contributed by atoms with Gasteiger partial charge in [0.05, 0.1) is 0 Å². The summed E-state index contributed by atoms with van der Waals surface area (Å²) in [7, 11) is 0. The quantitative estimate of drug-likeness (QED) is 0.757. The van der Waals surface area contributed by atoms with Crippen molar-refractivity contribution in [2.24, 2.45) is 0 Å². The molecule has 0 radical (unpaired) electrons. The fraction of sp³-hybridized carbons (Fsp3) is 0.0714. The molecule has 6 nitrogen and oxygen atoms in total. The van der Waals surface area contributed by atoms with Gasteiger partial charge in [0.15, 0.2) is 11.5 Å². The second kappa shape index (κ2) is 5.00. The van der Waals surface area contributed by atoms with Crippen molar-refractivity contribution < 1.29 is 9.90 Å². The molecule has 0 aliphatic rings. The van der Waals surface area contributed by atoms with Crippen LogP contribution in [0, 0.1) is 0 Å². The second-order valence-electron chi connectivity index (χ2n) is 4.26. The standard InChI is InChI=1S/C14H12N4O2/c19-14(20)12-13(16-9-10-4-3-6-15-8-10)17-11-5-1-2-7-18(11)12/h1-8,16H,9H2,(H,19,20). The molecule has 3 heterocycles. The average Bonchev–Trinajstić information content (AvgIpc) is 2.84. The maximum atomic E-state index is 11.4. The number of nitrogens with one attached hydrogen (secondary N) is 1. The molecule has 0 bridgehead atoms. The number of rotatable bonds is 4. The predicted octanol–water partition coefficient (Wildman–Crippen LogP) is 2.04. The smallest absolute Gasteiger partial charge is 0.356 e. The van der Waals surface area contributed by atoms with Crippen LogP contribution in [0.1, 0.15) is 16.1 Å². The molecule has 3 aromatic rings. The van der Waals surface area contributed by atoms with Gasteiger partial charge in [-0.05, 0) is 23.8 Å². The Labute approximate surface area is 114 Å². The lowest BCUT2D eigenvalue weighted by molar-refractivity contribution is 0.0690. The van der Waals surface area contributed by atoms with E-state index in [2.05, 4.69) is 15.3 Å². The monoisotopic (exact) mass is 268 g/mol. The van der Waals surface area contributed by atoms with Gasteiger partial charge in [-0.3, -0.25) is 9.38 Å². The highest BCUT2D eigenvalue weighted by molar-refractivity contribution is 5.92. The molecule has 0 atom stereocenters. The molecule has 0 saturated carbocycles. The van der Waals surface area contributed by atoms with Crippen LogP contribution in [-0.2, 0) is 6.54 Å². The van der Waals surface area contributed by atoms with Gasteiger partial charge in [0, 0.05) is 25.1 Å². The molecule has 20 heavy (non-hydrogen) atoms. The summed E-state index contributed by atoms with van der Waals surface area (Å²) in [5, 5.41) is 12.4. The normalized spacial score (nSPS) is 10.6. The van der Waals surface area contributed by atoms with Crippen LogP contribution in [0.25, 0.3) is 5.65 Å². The van der Waals surface area contributed by atoms with Crippen LogP contribution in [-0.4, -0.2) is 25.4 Å². The summed E-state index contributed by atoms with van der Waals surface area (Å²) >= 11 is 0. The maximum absolute atomic E-state index is 11.4. The van der Waals surface area contributed by atoms with E-state index in [4.69, 9.17) is 0 Å². The van der Waals surface area contributed by atoms with Crippen molar-refractivity contribution in [1.29, 1.82) is 0 Å². The number of carboxylic acids is 1. The fourth-order valence-corrected chi connectivity index (χ4v) is 2.01. The summed E-state index contributed by atoms with van der Waals surface area (Å²) in [5.41, 5.74) is 1.68.